The first-order chi connectivity index (χ1) is 8.09. The molecule has 7 heteroatoms. The normalized spacial score (nSPS) is 10.8. The smallest absolute Gasteiger partial charge is 0.213 e. The van der Waals surface area contributed by atoms with E-state index < -0.39 is 10.0 Å². The van der Waals surface area contributed by atoms with Crippen molar-refractivity contribution >= 4 is 15.7 Å². The molecule has 0 atom stereocenters. The fourth-order valence-electron chi connectivity index (χ4n) is 1.24. The number of aromatic nitrogens is 1. The second-order valence-corrected chi connectivity index (χ2v) is 5.20. The van der Waals surface area contributed by atoms with Gasteiger partial charge in [0.2, 0.25) is 10.0 Å². The number of nitrogens with zero attached hydrogens (tertiary/aromatic N) is 2. The Morgan fingerprint density at radius 3 is 2.94 bits per heavy atom. The van der Waals surface area contributed by atoms with Crippen molar-refractivity contribution in [3.05, 3.63) is 24.0 Å². The van der Waals surface area contributed by atoms with Gasteiger partial charge in [-0.25, -0.2) is 13.1 Å². The highest BCUT2D eigenvalue weighted by Crippen LogP contribution is 2.10. The SMILES string of the molecule is CCNS(=O)(=O)CCNc1cnccc1C#N. The van der Waals surface area contributed by atoms with Gasteiger partial charge in [0.15, 0.2) is 0 Å². The molecule has 0 unspecified atom stereocenters. The third-order valence-corrected chi connectivity index (χ3v) is 3.46. The van der Waals surface area contributed by atoms with Crippen LogP contribution >= 0.6 is 0 Å². The van der Waals surface area contributed by atoms with Gasteiger partial charge in [0.05, 0.1) is 23.2 Å². The maximum Gasteiger partial charge on any atom is 0.213 e. The number of sulfonamides is 1. The third-order valence-electron chi connectivity index (χ3n) is 1.99. The molecule has 0 saturated heterocycles. The van der Waals surface area contributed by atoms with Gasteiger partial charge in [-0.3, -0.25) is 4.98 Å². The second kappa shape index (κ2) is 6.18. The van der Waals surface area contributed by atoms with E-state index >= 15 is 0 Å². The summed E-state index contributed by atoms with van der Waals surface area (Å²) in [5.41, 5.74) is 0.988. The largest absolute Gasteiger partial charge is 0.382 e. The standard InChI is InChI=1S/C10H14N4O2S/c1-2-14-17(15,16)6-5-13-10-8-12-4-3-9(10)7-11/h3-4,8,13-14H,2,5-6H2,1H3. The highest BCUT2D eigenvalue weighted by atomic mass is 32.2. The molecule has 17 heavy (non-hydrogen) atoms. The minimum absolute atomic E-state index is 0.0411. The average Bonchev–Trinajstić information content (AvgIpc) is 2.29. The summed E-state index contributed by atoms with van der Waals surface area (Å²) in [5.74, 6) is -0.0411. The van der Waals surface area contributed by atoms with Crippen LogP contribution in [-0.4, -0.2) is 32.2 Å². The number of anilines is 1. The molecule has 0 saturated carbocycles. The van der Waals surface area contributed by atoms with Crippen molar-refractivity contribution < 1.29 is 8.42 Å². The van der Waals surface area contributed by atoms with E-state index in [1.54, 1.807) is 13.0 Å². The van der Waals surface area contributed by atoms with Gasteiger partial charge >= 0.3 is 0 Å². The van der Waals surface area contributed by atoms with Crippen molar-refractivity contribution in [1.29, 1.82) is 5.26 Å². The predicted molar refractivity (Wildman–Crippen MR) is 64.9 cm³/mol. The third kappa shape index (κ3) is 4.38. The second-order valence-electron chi connectivity index (χ2n) is 3.28. The molecule has 1 heterocycles. The Hall–Kier alpha value is -1.65. The molecule has 0 bridgehead atoms. The first-order valence-corrected chi connectivity index (χ1v) is 6.79. The zero-order valence-electron chi connectivity index (χ0n) is 9.47. The Balaban J connectivity index is 2.55. The zero-order valence-corrected chi connectivity index (χ0v) is 10.3. The van der Waals surface area contributed by atoms with Gasteiger partial charge in [-0.15, -0.1) is 0 Å². The molecule has 1 rings (SSSR count). The molecule has 0 aliphatic heterocycles. The fourth-order valence-corrected chi connectivity index (χ4v) is 2.20. The minimum atomic E-state index is -3.24. The number of hydrogen-bond donors (Lipinski definition) is 2. The van der Waals surface area contributed by atoms with Gasteiger partial charge in [-0.05, 0) is 6.07 Å². The van der Waals surface area contributed by atoms with Gasteiger partial charge < -0.3 is 5.32 Å². The lowest BCUT2D eigenvalue weighted by Crippen LogP contribution is -2.29. The molecule has 1 aromatic rings. The van der Waals surface area contributed by atoms with Crippen molar-refractivity contribution in [2.24, 2.45) is 0 Å². The van der Waals surface area contributed by atoms with E-state index in [1.807, 2.05) is 6.07 Å². The first kappa shape index (κ1) is 13.4. The summed E-state index contributed by atoms with van der Waals surface area (Å²) in [6.07, 6.45) is 3.01. The molecular formula is C10H14N4O2S. The van der Waals surface area contributed by atoms with Crippen LogP contribution in [0.1, 0.15) is 12.5 Å². The molecule has 2 N–H and O–H groups in total. The number of rotatable bonds is 6. The molecule has 0 spiro atoms. The molecule has 0 aromatic carbocycles. The van der Waals surface area contributed by atoms with Crippen molar-refractivity contribution in [3.8, 4) is 6.07 Å². The van der Waals surface area contributed by atoms with Crippen LogP contribution < -0.4 is 10.0 Å². The molecule has 0 radical (unpaired) electrons. The maximum absolute atomic E-state index is 11.3. The van der Waals surface area contributed by atoms with E-state index in [2.05, 4.69) is 15.0 Å². The average molecular weight is 254 g/mol. The lowest BCUT2D eigenvalue weighted by Gasteiger charge is -2.08. The van der Waals surface area contributed by atoms with Crippen LogP contribution in [-0.2, 0) is 10.0 Å². The molecule has 0 amide bonds. The van der Waals surface area contributed by atoms with Gasteiger partial charge in [0, 0.05) is 19.3 Å². The molecule has 0 aliphatic carbocycles. The molecule has 92 valence electrons. The van der Waals surface area contributed by atoms with E-state index in [9.17, 15) is 8.42 Å². The minimum Gasteiger partial charge on any atom is -0.382 e. The summed E-state index contributed by atoms with van der Waals surface area (Å²) in [6.45, 7) is 2.33. The van der Waals surface area contributed by atoms with Crippen LogP contribution in [0.5, 0.6) is 0 Å². The summed E-state index contributed by atoms with van der Waals surface area (Å²) in [5, 5.41) is 11.7. The van der Waals surface area contributed by atoms with Crippen LogP contribution in [0, 0.1) is 11.3 Å². The molecule has 1 aromatic heterocycles. The topological polar surface area (TPSA) is 94.9 Å². The Bertz CT molecular complexity index is 507. The highest BCUT2D eigenvalue weighted by Gasteiger charge is 2.08. The van der Waals surface area contributed by atoms with E-state index in [0.29, 0.717) is 17.8 Å². The Morgan fingerprint density at radius 2 is 2.29 bits per heavy atom. The summed E-state index contributed by atoms with van der Waals surface area (Å²) in [7, 11) is -3.24. The maximum atomic E-state index is 11.3. The van der Waals surface area contributed by atoms with Gasteiger partial charge in [0.25, 0.3) is 0 Å². The Morgan fingerprint density at radius 1 is 1.53 bits per heavy atom. The monoisotopic (exact) mass is 254 g/mol. The van der Waals surface area contributed by atoms with Crippen LogP contribution in [0.4, 0.5) is 5.69 Å². The van der Waals surface area contributed by atoms with Gasteiger partial charge in [0.1, 0.15) is 6.07 Å². The summed E-state index contributed by atoms with van der Waals surface area (Å²) >= 11 is 0. The number of nitrogens with one attached hydrogen (secondary N) is 2. The van der Waals surface area contributed by atoms with E-state index in [-0.39, 0.29) is 12.3 Å². The molecule has 6 nitrogen and oxygen atoms in total. The van der Waals surface area contributed by atoms with Crippen molar-refractivity contribution in [2.45, 2.75) is 6.92 Å². The zero-order chi connectivity index (χ0) is 12.7. The van der Waals surface area contributed by atoms with Gasteiger partial charge in [-0.1, -0.05) is 6.92 Å². The molecular weight excluding hydrogens is 240 g/mol. The van der Waals surface area contributed by atoms with Crippen LogP contribution in [0.3, 0.4) is 0 Å². The fraction of sp³-hybridized carbons (Fsp3) is 0.400. The van der Waals surface area contributed by atoms with E-state index in [4.69, 9.17) is 5.26 Å². The predicted octanol–water partition coefficient (Wildman–Crippen LogP) is 0.304. The lowest BCUT2D eigenvalue weighted by molar-refractivity contribution is 0.584. The molecule has 0 aliphatic rings. The van der Waals surface area contributed by atoms with Gasteiger partial charge in [-0.2, -0.15) is 5.26 Å². The quantitative estimate of drug-likeness (QED) is 0.761. The van der Waals surface area contributed by atoms with Crippen molar-refractivity contribution in [3.63, 3.8) is 0 Å². The summed E-state index contributed by atoms with van der Waals surface area (Å²) < 4.78 is 25.1. The lowest BCUT2D eigenvalue weighted by atomic mass is 10.2. The molecule has 0 fully saturated rings. The van der Waals surface area contributed by atoms with E-state index in [1.165, 1.54) is 12.4 Å². The number of hydrogen-bond acceptors (Lipinski definition) is 5. The van der Waals surface area contributed by atoms with Crippen molar-refractivity contribution in [2.75, 3.05) is 24.2 Å². The van der Waals surface area contributed by atoms with Crippen LogP contribution in [0.15, 0.2) is 18.5 Å². The van der Waals surface area contributed by atoms with Crippen LogP contribution in [0.25, 0.3) is 0 Å². The van der Waals surface area contributed by atoms with Crippen molar-refractivity contribution in [1.82, 2.24) is 9.71 Å². The Kier molecular flexibility index (Phi) is 4.87. The Labute approximate surface area is 101 Å². The highest BCUT2D eigenvalue weighted by molar-refractivity contribution is 7.89. The first-order valence-electron chi connectivity index (χ1n) is 5.14. The summed E-state index contributed by atoms with van der Waals surface area (Å²) in [4.78, 5) is 3.87. The van der Waals surface area contributed by atoms with Crippen LogP contribution in [0.2, 0.25) is 0 Å². The van der Waals surface area contributed by atoms with E-state index in [0.717, 1.165) is 0 Å². The summed E-state index contributed by atoms with van der Waals surface area (Å²) in [6, 6.07) is 3.57. The number of nitriles is 1. The number of pyridine rings is 1.